The first-order chi connectivity index (χ1) is 12.7. The van der Waals surface area contributed by atoms with Crippen molar-refractivity contribution in [2.45, 2.75) is 0 Å². The van der Waals surface area contributed by atoms with E-state index in [1.807, 2.05) is 94.1 Å². The summed E-state index contributed by atoms with van der Waals surface area (Å²) < 4.78 is 15.8. The molecule has 5 heterocycles. The maximum absolute atomic E-state index is 2.21. The average Bonchev–Trinajstić information content (AvgIpc) is 3.39. The van der Waals surface area contributed by atoms with Gasteiger partial charge in [0.25, 0.3) is 0 Å². The molecule has 136 valence electrons. The summed E-state index contributed by atoms with van der Waals surface area (Å²) in [5.41, 5.74) is 0. The third-order valence-corrected chi connectivity index (χ3v) is 25.6. The van der Waals surface area contributed by atoms with Crippen LogP contribution in [-0.2, 0) is 0 Å². The summed E-state index contributed by atoms with van der Waals surface area (Å²) in [7, 11) is 0. The van der Waals surface area contributed by atoms with Gasteiger partial charge in [-0.2, -0.15) is 0 Å². The van der Waals surface area contributed by atoms with Crippen molar-refractivity contribution < 1.29 is 0 Å². The molecule has 5 rings (SSSR count). The van der Waals surface area contributed by atoms with Crippen LogP contribution in [0.4, 0.5) is 0 Å². The Kier molecular flexibility index (Phi) is 7.40. The first-order valence-electron chi connectivity index (χ1n) is 6.95. The molecule has 26 heavy (non-hydrogen) atoms. The molecule has 0 fully saturated rings. The quantitative estimate of drug-likeness (QED) is 0.267. The third kappa shape index (κ3) is 4.18. The summed E-state index contributed by atoms with van der Waals surface area (Å²) >= 11 is 20.9. The number of thioether (sulfide) groups is 10. The average molecular weight is 655 g/mol. The molecule has 0 aliphatic carbocycles. The maximum atomic E-state index is 2.21. The van der Waals surface area contributed by atoms with E-state index in [9.17, 15) is 0 Å². The van der Waals surface area contributed by atoms with Crippen molar-refractivity contribution in [1.29, 1.82) is 0 Å². The zero-order valence-corrected chi connectivity index (χ0v) is 24.6. The Labute approximate surface area is 208 Å². The van der Waals surface area contributed by atoms with Gasteiger partial charge < -0.3 is 0 Å². The van der Waals surface area contributed by atoms with Crippen LogP contribution in [0.3, 0.4) is 0 Å². The van der Waals surface area contributed by atoms with E-state index >= 15 is 0 Å². The van der Waals surface area contributed by atoms with Crippen molar-refractivity contribution in [3.8, 4) is 0 Å². The van der Waals surface area contributed by atoms with Crippen LogP contribution in [0.15, 0.2) is 51.5 Å². The molecule has 0 aromatic rings. The zero-order valence-electron chi connectivity index (χ0n) is 13.1. The molecule has 0 N–H and O–H groups in total. The SMILES string of the molecule is CSC1=C(SC)SC(=C2[Se]C3=C(SC(=C4SC5=C(SC=CS5)S4)S3)[Se]2)S1. The van der Waals surface area contributed by atoms with Gasteiger partial charge in [0.15, 0.2) is 0 Å². The Hall–Kier alpha value is 2.98. The minimum atomic E-state index is 0.550. The van der Waals surface area contributed by atoms with E-state index in [-0.39, 0.29) is 0 Å². The van der Waals surface area contributed by atoms with Crippen molar-refractivity contribution in [2.75, 3.05) is 12.5 Å². The van der Waals surface area contributed by atoms with Crippen LogP contribution >= 0.6 is 118 Å². The van der Waals surface area contributed by atoms with Gasteiger partial charge in [-0.25, -0.2) is 0 Å². The Bertz CT molecular complexity index is 768. The van der Waals surface area contributed by atoms with Crippen LogP contribution in [-0.4, -0.2) is 42.4 Å². The number of hydrogen-bond donors (Lipinski definition) is 0. The molecule has 5 aliphatic heterocycles. The Morgan fingerprint density at radius 2 is 1.12 bits per heavy atom. The van der Waals surface area contributed by atoms with E-state index in [0.29, 0.717) is 29.9 Å². The summed E-state index contributed by atoms with van der Waals surface area (Å²) in [6, 6.07) is 0. The van der Waals surface area contributed by atoms with E-state index < -0.39 is 0 Å². The molecule has 0 radical (unpaired) electrons. The molecule has 0 nitrogen and oxygen atoms in total. The van der Waals surface area contributed by atoms with E-state index in [1.54, 1.807) is 19.5 Å². The van der Waals surface area contributed by atoms with Crippen LogP contribution in [0.1, 0.15) is 0 Å². The van der Waals surface area contributed by atoms with Gasteiger partial charge in [0.2, 0.25) is 0 Å². The van der Waals surface area contributed by atoms with Crippen LogP contribution in [0.2, 0.25) is 0 Å². The van der Waals surface area contributed by atoms with Gasteiger partial charge >= 0.3 is 211 Å². The van der Waals surface area contributed by atoms with Crippen molar-refractivity contribution in [3.63, 3.8) is 0 Å². The predicted octanol–water partition coefficient (Wildman–Crippen LogP) is 8.16. The Morgan fingerprint density at radius 1 is 0.615 bits per heavy atom. The van der Waals surface area contributed by atoms with Crippen molar-refractivity contribution in [3.05, 3.63) is 51.5 Å². The first-order valence-corrected chi connectivity index (χ1v) is 19.5. The van der Waals surface area contributed by atoms with Gasteiger partial charge in [0.05, 0.1) is 0 Å². The molecule has 0 aromatic carbocycles. The van der Waals surface area contributed by atoms with Gasteiger partial charge in [-0.1, -0.05) is 0 Å². The second-order valence-electron chi connectivity index (χ2n) is 4.61. The third-order valence-electron chi connectivity index (χ3n) is 3.09. The molecule has 0 saturated carbocycles. The fourth-order valence-electron chi connectivity index (χ4n) is 2.04. The van der Waals surface area contributed by atoms with E-state index in [4.69, 9.17) is 0 Å². The molecule has 0 unspecified atom stereocenters. The monoisotopic (exact) mass is 656 g/mol. The van der Waals surface area contributed by atoms with Gasteiger partial charge in [-0.15, -0.1) is 0 Å². The second kappa shape index (κ2) is 9.23. The van der Waals surface area contributed by atoms with Crippen molar-refractivity contribution in [2.24, 2.45) is 0 Å². The molecule has 0 saturated heterocycles. The normalized spacial score (nSPS) is 25.5. The summed E-state index contributed by atoms with van der Waals surface area (Å²) in [6.45, 7) is 0. The molecule has 5 aliphatic rings. The van der Waals surface area contributed by atoms with Crippen LogP contribution in [0.5, 0.6) is 0 Å². The van der Waals surface area contributed by atoms with Gasteiger partial charge in [0, 0.05) is 0 Å². The Balaban J connectivity index is 1.27. The summed E-state index contributed by atoms with van der Waals surface area (Å²) in [6.07, 6.45) is 4.41. The van der Waals surface area contributed by atoms with E-state index in [1.165, 1.54) is 21.2 Å². The fourth-order valence-corrected chi connectivity index (χ4v) is 26.1. The minimum absolute atomic E-state index is 0.550. The Morgan fingerprint density at radius 3 is 1.62 bits per heavy atom. The molecule has 12 heteroatoms. The topological polar surface area (TPSA) is 0 Å². The summed E-state index contributed by atoms with van der Waals surface area (Å²) in [5.74, 6) is 0. The van der Waals surface area contributed by atoms with E-state index in [2.05, 4.69) is 46.9 Å². The number of hydrogen-bond acceptors (Lipinski definition) is 10. The van der Waals surface area contributed by atoms with Gasteiger partial charge in [-0.3, -0.25) is 0 Å². The molecule has 0 atom stereocenters. The first kappa shape index (κ1) is 20.9. The summed E-state index contributed by atoms with van der Waals surface area (Å²) in [4.78, 5) is 0. The number of rotatable bonds is 2. The standard InChI is InChI=1S/C14H8S10Se2/c1-15-5-6(16-2)20-11(19-5)14-25-12-13(26-14)24-10(23-12)9-21-7-8(22-9)18-4-3-17-7/h3-4H,1-2H3. The predicted molar refractivity (Wildman–Crippen MR) is 144 cm³/mol. The van der Waals surface area contributed by atoms with Crippen LogP contribution in [0.25, 0.3) is 0 Å². The van der Waals surface area contributed by atoms with Gasteiger partial charge in [-0.05, 0) is 0 Å². The molecule has 0 amide bonds. The molecular formula is C14H8S10Se2. The fraction of sp³-hybridized carbons (Fsp3) is 0.143. The second-order valence-corrected chi connectivity index (χ2v) is 22.8. The summed E-state index contributed by atoms with van der Waals surface area (Å²) in [5, 5.41) is 4.42. The van der Waals surface area contributed by atoms with Crippen LogP contribution in [0, 0.1) is 0 Å². The van der Waals surface area contributed by atoms with Crippen molar-refractivity contribution >= 4 is 148 Å². The zero-order chi connectivity index (χ0) is 17.7. The molecule has 0 bridgehead atoms. The molecule has 0 spiro atoms. The van der Waals surface area contributed by atoms with Crippen molar-refractivity contribution in [1.82, 2.24) is 0 Å². The van der Waals surface area contributed by atoms with Crippen LogP contribution < -0.4 is 0 Å². The molecule has 0 aromatic heterocycles. The van der Waals surface area contributed by atoms with Gasteiger partial charge in [0.1, 0.15) is 0 Å². The molecular weight excluding hydrogens is 647 g/mol. The van der Waals surface area contributed by atoms with E-state index in [0.717, 1.165) is 0 Å².